The summed E-state index contributed by atoms with van der Waals surface area (Å²) in [6, 6.07) is 5.61. The number of likely N-dealkylation sites (tertiary alicyclic amines) is 1. The number of rotatable bonds is 10. The van der Waals surface area contributed by atoms with E-state index >= 15 is 0 Å². The Morgan fingerprint density at radius 2 is 2.00 bits per heavy atom. The number of anilines is 3. The van der Waals surface area contributed by atoms with Crippen molar-refractivity contribution < 1.29 is 19.1 Å². The minimum atomic E-state index is -0.744. The molecule has 0 unspecified atom stereocenters. The van der Waals surface area contributed by atoms with Gasteiger partial charge in [-0.2, -0.15) is 17.0 Å². The Labute approximate surface area is 233 Å². The van der Waals surface area contributed by atoms with Crippen LogP contribution in [-0.4, -0.2) is 72.2 Å². The highest BCUT2D eigenvalue weighted by Gasteiger charge is 2.30. The highest BCUT2D eigenvalue weighted by Crippen LogP contribution is 2.32. The lowest BCUT2D eigenvalue weighted by Gasteiger charge is -2.31. The Hall–Kier alpha value is -3.40. The van der Waals surface area contributed by atoms with Crippen molar-refractivity contribution in [3.05, 3.63) is 40.7 Å². The van der Waals surface area contributed by atoms with E-state index in [1.54, 1.807) is 22.7 Å². The SMILES string of the molecule is COC(OC)c1nc2c(cc1CN1CCCC1=O)CCCN2C(=O)Nc1cc(N[C@H](C)CSC)c(C#N)cn1. The molecule has 0 spiro atoms. The molecule has 2 aromatic heterocycles. The van der Waals surface area contributed by atoms with E-state index in [9.17, 15) is 14.9 Å². The van der Waals surface area contributed by atoms with Crippen LogP contribution >= 0.6 is 11.8 Å². The van der Waals surface area contributed by atoms with Crippen molar-refractivity contribution in [3.63, 3.8) is 0 Å². The van der Waals surface area contributed by atoms with Crippen LogP contribution in [0.3, 0.4) is 0 Å². The number of amides is 3. The van der Waals surface area contributed by atoms with Crippen molar-refractivity contribution in [2.45, 2.75) is 51.5 Å². The maximum absolute atomic E-state index is 13.5. The average molecular weight is 554 g/mol. The maximum atomic E-state index is 13.5. The van der Waals surface area contributed by atoms with E-state index < -0.39 is 6.29 Å². The van der Waals surface area contributed by atoms with Crippen LogP contribution in [-0.2, 0) is 27.2 Å². The lowest BCUT2D eigenvalue weighted by molar-refractivity contribution is -0.128. The largest absolute Gasteiger partial charge is 0.381 e. The number of nitrogens with zero attached hydrogens (tertiary/aromatic N) is 5. The Balaban J connectivity index is 1.61. The molecule has 3 amide bonds. The van der Waals surface area contributed by atoms with Gasteiger partial charge in [-0.25, -0.2) is 14.8 Å². The molecule has 1 fully saturated rings. The van der Waals surface area contributed by atoms with Crippen molar-refractivity contribution in [2.75, 3.05) is 54.9 Å². The maximum Gasteiger partial charge on any atom is 0.328 e. The summed E-state index contributed by atoms with van der Waals surface area (Å²) < 4.78 is 11.1. The first-order chi connectivity index (χ1) is 18.9. The van der Waals surface area contributed by atoms with Crippen LogP contribution in [0, 0.1) is 11.3 Å². The Kier molecular flexibility index (Phi) is 9.61. The first-order valence-electron chi connectivity index (χ1n) is 13.0. The summed E-state index contributed by atoms with van der Waals surface area (Å²) in [5.74, 6) is 1.86. The number of pyridine rings is 2. The summed E-state index contributed by atoms with van der Waals surface area (Å²) in [7, 11) is 3.07. The van der Waals surface area contributed by atoms with Gasteiger partial charge in [0.15, 0.2) is 0 Å². The first-order valence-corrected chi connectivity index (χ1v) is 14.4. The zero-order valence-corrected chi connectivity index (χ0v) is 23.6. The number of hydrogen-bond acceptors (Lipinski definition) is 9. The molecule has 0 aromatic carbocycles. The summed E-state index contributed by atoms with van der Waals surface area (Å²) in [6.45, 7) is 3.64. The minimum Gasteiger partial charge on any atom is -0.381 e. The van der Waals surface area contributed by atoms with Crippen LogP contribution in [0.5, 0.6) is 0 Å². The van der Waals surface area contributed by atoms with Gasteiger partial charge in [-0.15, -0.1) is 0 Å². The second-order valence-electron chi connectivity index (χ2n) is 9.65. The van der Waals surface area contributed by atoms with E-state index in [0.717, 1.165) is 36.1 Å². The summed E-state index contributed by atoms with van der Waals surface area (Å²) >= 11 is 1.70. The Morgan fingerprint density at radius 1 is 1.23 bits per heavy atom. The molecule has 0 bridgehead atoms. The molecule has 2 aliphatic heterocycles. The molecule has 208 valence electrons. The highest BCUT2D eigenvalue weighted by atomic mass is 32.2. The number of urea groups is 1. The third kappa shape index (κ3) is 6.61. The van der Waals surface area contributed by atoms with Crippen molar-refractivity contribution >= 4 is 41.0 Å². The Morgan fingerprint density at radius 3 is 2.67 bits per heavy atom. The molecule has 4 heterocycles. The number of carbonyl (C=O) groups is 2. The van der Waals surface area contributed by atoms with Crippen LogP contribution < -0.4 is 15.5 Å². The van der Waals surface area contributed by atoms with Gasteiger partial charge in [0.25, 0.3) is 0 Å². The predicted molar refractivity (Wildman–Crippen MR) is 151 cm³/mol. The number of nitriles is 1. The van der Waals surface area contributed by atoms with E-state index in [1.165, 1.54) is 20.4 Å². The van der Waals surface area contributed by atoms with Gasteiger partial charge in [-0.05, 0) is 49.6 Å². The van der Waals surface area contributed by atoms with Crippen molar-refractivity contribution in [1.29, 1.82) is 5.26 Å². The number of methoxy groups -OCH3 is 2. The third-order valence-electron chi connectivity index (χ3n) is 6.78. The number of carbonyl (C=O) groups excluding carboxylic acids is 2. The molecule has 39 heavy (non-hydrogen) atoms. The topological polar surface area (TPSA) is 133 Å². The van der Waals surface area contributed by atoms with Crippen molar-refractivity contribution in [3.8, 4) is 6.07 Å². The smallest absolute Gasteiger partial charge is 0.328 e. The van der Waals surface area contributed by atoms with Gasteiger partial charge in [-0.3, -0.25) is 15.0 Å². The number of aromatic nitrogens is 2. The summed E-state index contributed by atoms with van der Waals surface area (Å²) in [5, 5.41) is 15.7. The molecule has 11 nitrogen and oxygen atoms in total. The van der Waals surface area contributed by atoms with Crippen LogP contribution in [0.1, 0.15) is 54.9 Å². The third-order valence-corrected chi connectivity index (χ3v) is 7.62. The number of fused-ring (bicyclic) bond motifs is 1. The average Bonchev–Trinajstić information content (AvgIpc) is 3.33. The molecule has 2 N–H and O–H groups in total. The molecule has 0 radical (unpaired) electrons. The molecular weight excluding hydrogens is 518 g/mol. The predicted octanol–water partition coefficient (Wildman–Crippen LogP) is 3.91. The molecule has 2 aliphatic rings. The highest BCUT2D eigenvalue weighted by molar-refractivity contribution is 7.98. The fourth-order valence-electron chi connectivity index (χ4n) is 4.95. The van der Waals surface area contributed by atoms with Gasteiger partial charge in [-0.1, -0.05) is 0 Å². The van der Waals surface area contributed by atoms with Gasteiger partial charge in [0.2, 0.25) is 12.2 Å². The summed E-state index contributed by atoms with van der Waals surface area (Å²) in [6.07, 6.45) is 5.65. The molecule has 0 saturated carbocycles. The van der Waals surface area contributed by atoms with E-state index in [-0.39, 0.29) is 18.0 Å². The van der Waals surface area contributed by atoms with Crippen LogP contribution in [0.2, 0.25) is 0 Å². The number of ether oxygens (including phenoxy) is 2. The lowest BCUT2D eigenvalue weighted by Crippen LogP contribution is -2.40. The molecule has 1 saturated heterocycles. The van der Waals surface area contributed by atoms with Crippen molar-refractivity contribution in [2.24, 2.45) is 0 Å². The van der Waals surface area contributed by atoms with E-state index in [4.69, 9.17) is 14.5 Å². The molecular formula is C27H35N7O4S. The fraction of sp³-hybridized carbons (Fsp3) is 0.519. The zero-order valence-electron chi connectivity index (χ0n) is 22.8. The number of hydrogen-bond donors (Lipinski definition) is 2. The van der Waals surface area contributed by atoms with Gasteiger partial charge in [0.05, 0.1) is 11.3 Å². The van der Waals surface area contributed by atoms with Gasteiger partial charge < -0.3 is 19.7 Å². The van der Waals surface area contributed by atoms with E-state index in [2.05, 4.69) is 21.7 Å². The first kappa shape index (κ1) is 28.6. The second kappa shape index (κ2) is 13.1. The molecule has 0 aliphatic carbocycles. The Bertz CT molecular complexity index is 1250. The molecule has 1 atom stereocenters. The lowest BCUT2D eigenvalue weighted by atomic mass is 10.0. The van der Waals surface area contributed by atoms with Crippen LogP contribution in [0.15, 0.2) is 18.3 Å². The quantitative estimate of drug-likeness (QED) is 0.420. The van der Waals surface area contributed by atoms with Gasteiger partial charge in [0, 0.05) is 64.3 Å². The summed E-state index contributed by atoms with van der Waals surface area (Å²) in [5.41, 5.74) is 3.35. The number of nitrogens with one attached hydrogen (secondary N) is 2. The van der Waals surface area contributed by atoms with E-state index in [1.807, 2.05) is 24.1 Å². The van der Waals surface area contributed by atoms with Crippen LogP contribution in [0.25, 0.3) is 0 Å². The van der Waals surface area contributed by atoms with Crippen molar-refractivity contribution in [1.82, 2.24) is 14.9 Å². The fourth-order valence-corrected chi connectivity index (χ4v) is 5.53. The molecule has 2 aromatic rings. The zero-order chi connectivity index (χ0) is 27.9. The van der Waals surface area contributed by atoms with Gasteiger partial charge in [0.1, 0.15) is 23.4 Å². The van der Waals surface area contributed by atoms with E-state index in [0.29, 0.717) is 54.6 Å². The minimum absolute atomic E-state index is 0.123. The number of aryl methyl sites for hydroxylation is 1. The monoisotopic (exact) mass is 553 g/mol. The van der Waals surface area contributed by atoms with Gasteiger partial charge >= 0.3 is 6.03 Å². The second-order valence-corrected chi connectivity index (χ2v) is 10.6. The normalized spacial score (nSPS) is 15.7. The molecule has 12 heteroatoms. The number of thioether (sulfide) groups is 1. The molecule has 4 rings (SSSR count). The summed E-state index contributed by atoms with van der Waals surface area (Å²) in [4.78, 5) is 38.4. The van der Waals surface area contributed by atoms with Crippen LogP contribution in [0.4, 0.5) is 22.1 Å². The standard InChI is InChI=1S/C27H35N7O4S/c1-17(16-39-4)30-21-12-22(29-14-20(21)13-28)31-27(36)34-10-5-7-18-11-19(15-33-9-6-8-23(33)35)24(32-25(18)34)26(37-2)38-3/h11-12,14,17,26H,5-10,15-16H2,1-4H3,(H2,29,30,31,36)/t17-/m1/s1.